The highest BCUT2D eigenvalue weighted by Gasteiger charge is 2.36. The summed E-state index contributed by atoms with van der Waals surface area (Å²) in [5, 5.41) is 1.71. The largest absolute Gasteiger partial charge is 0.416 e. The van der Waals surface area contributed by atoms with E-state index < -0.39 is 42.2 Å². The number of rotatable bonds is 4. The first kappa shape index (κ1) is 19.1. The Bertz CT molecular complexity index is 656. The van der Waals surface area contributed by atoms with Crippen molar-refractivity contribution in [3.05, 3.63) is 35.4 Å². The van der Waals surface area contributed by atoms with Gasteiger partial charge in [0.1, 0.15) is 6.54 Å². The highest BCUT2D eigenvalue weighted by molar-refractivity contribution is 5.89. The van der Waals surface area contributed by atoms with Crippen LogP contribution in [0, 0.1) is 5.92 Å². The van der Waals surface area contributed by atoms with Gasteiger partial charge in [0.05, 0.1) is 11.5 Å². The fourth-order valence-electron chi connectivity index (χ4n) is 2.50. The number of amides is 2. The second-order valence-electron chi connectivity index (χ2n) is 5.71. The molecule has 2 amide bonds. The lowest BCUT2D eigenvalue weighted by molar-refractivity contribution is -0.140. The summed E-state index contributed by atoms with van der Waals surface area (Å²) in [5.41, 5.74) is -0.643. The van der Waals surface area contributed by atoms with Gasteiger partial charge in [0.25, 0.3) is 0 Å². The summed E-state index contributed by atoms with van der Waals surface area (Å²) in [7, 11) is 0. The van der Waals surface area contributed by atoms with Crippen molar-refractivity contribution in [2.45, 2.75) is 25.3 Å². The van der Waals surface area contributed by atoms with Crippen molar-refractivity contribution < 1.29 is 35.9 Å². The number of hydrogen-bond acceptors (Lipinski definition) is 2. The summed E-state index contributed by atoms with van der Waals surface area (Å²) in [6.07, 6.45) is -9.36. The van der Waals surface area contributed by atoms with E-state index in [2.05, 4.69) is 0 Å². The van der Waals surface area contributed by atoms with Crippen LogP contribution in [0.5, 0.6) is 0 Å². The van der Waals surface area contributed by atoms with Crippen molar-refractivity contribution in [1.82, 2.24) is 10.2 Å². The number of nitrogens with one attached hydrogen (secondary N) is 1. The third-order valence-electron chi connectivity index (χ3n) is 3.68. The Hall–Kier alpha value is -2.26. The molecule has 25 heavy (non-hydrogen) atoms. The second-order valence-corrected chi connectivity index (χ2v) is 5.71. The third-order valence-corrected chi connectivity index (χ3v) is 3.68. The SMILES string of the molecule is O=C(NCC(F)(F)F)[C@H]1CC(=O)N(Cc2cccc(C(F)(F)F)c2)C1. The van der Waals surface area contributed by atoms with Crippen molar-refractivity contribution >= 4 is 11.8 Å². The molecular weight excluding hydrogens is 354 g/mol. The fraction of sp³-hybridized carbons (Fsp3) is 0.467. The van der Waals surface area contributed by atoms with E-state index in [9.17, 15) is 35.9 Å². The molecule has 0 bridgehead atoms. The Kier molecular flexibility index (Phi) is 5.28. The van der Waals surface area contributed by atoms with Crippen LogP contribution in [0.2, 0.25) is 0 Å². The number of carbonyl (C=O) groups excluding carboxylic acids is 2. The molecule has 4 nitrogen and oxygen atoms in total. The normalized spacial score (nSPS) is 18.6. The van der Waals surface area contributed by atoms with Crippen LogP contribution >= 0.6 is 0 Å². The lowest BCUT2D eigenvalue weighted by Crippen LogP contribution is -2.38. The molecule has 10 heteroatoms. The van der Waals surface area contributed by atoms with Crippen LogP contribution < -0.4 is 5.32 Å². The molecule has 0 unspecified atom stereocenters. The van der Waals surface area contributed by atoms with E-state index in [1.165, 1.54) is 12.1 Å². The number of halogens is 6. The molecule has 1 atom stereocenters. The molecule has 1 N–H and O–H groups in total. The van der Waals surface area contributed by atoms with Gasteiger partial charge in [-0.15, -0.1) is 0 Å². The van der Waals surface area contributed by atoms with Gasteiger partial charge in [-0.3, -0.25) is 9.59 Å². The minimum absolute atomic E-state index is 0.140. The minimum Gasteiger partial charge on any atom is -0.347 e. The van der Waals surface area contributed by atoms with Gasteiger partial charge in [-0.25, -0.2) is 0 Å². The summed E-state index contributed by atoms with van der Waals surface area (Å²) in [5.74, 6) is -2.36. The van der Waals surface area contributed by atoms with Crippen molar-refractivity contribution in [3.63, 3.8) is 0 Å². The van der Waals surface area contributed by atoms with Crippen LogP contribution in [0.4, 0.5) is 26.3 Å². The predicted octanol–water partition coefficient (Wildman–Crippen LogP) is 2.73. The van der Waals surface area contributed by atoms with Gasteiger partial charge < -0.3 is 10.2 Å². The number of likely N-dealkylation sites (tertiary alicyclic amines) is 1. The first-order valence-electron chi connectivity index (χ1n) is 7.24. The van der Waals surface area contributed by atoms with Gasteiger partial charge in [0.15, 0.2) is 0 Å². The summed E-state index contributed by atoms with van der Waals surface area (Å²) in [4.78, 5) is 24.7. The lowest BCUT2D eigenvalue weighted by Gasteiger charge is -2.18. The van der Waals surface area contributed by atoms with E-state index in [1.807, 2.05) is 0 Å². The van der Waals surface area contributed by atoms with E-state index >= 15 is 0 Å². The highest BCUT2D eigenvalue weighted by atomic mass is 19.4. The van der Waals surface area contributed by atoms with Gasteiger partial charge in [-0.2, -0.15) is 26.3 Å². The summed E-state index contributed by atoms with van der Waals surface area (Å²) >= 11 is 0. The van der Waals surface area contributed by atoms with E-state index in [-0.39, 0.29) is 25.1 Å². The topological polar surface area (TPSA) is 49.4 Å². The first-order chi connectivity index (χ1) is 11.5. The Morgan fingerprint density at radius 2 is 1.88 bits per heavy atom. The third kappa shape index (κ3) is 5.36. The Labute approximate surface area is 138 Å². The number of nitrogens with zero attached hydrogens (tertiary/aromatic N) is 1. The molecule has 0 aromatic heterocycles. The summed E-state index contributed by atoms with van der Waals surface area (Å²) < 4.78 is 74.3. The number of hydrogen-bond donors (Lipinski definition) is 1. The standard InChI is InChI=1S/C15H14F6N2O2/c16-14(17,18)8-22-13(25)10-5-12(24)23(7-10)6-9-2-1-3-11(4-9)15(19,20)21/h1-4,10H,5-8H2,(H,22,25)/t10-/m0/s1. The minimum atomic E-state index is -4.56. The number of alkyl halides is 6. The fourth-order valence-corrected chi connectivity index (χ4v) is 2.50. The molecule has 138 valence electrons. The average molecular weight is 368 g/mol. The maximum absolute atomic E-state index is 12.7. The van der Waals surface area contributed by atoms with Crippen molar-refractivity contribution in [2.24, 2.45) is 5.92 Å². The lowest BCUT2D eigenvalue weighted by atomic mass is 10.1. The molecule has 1 fully saturated rings. The van der Waals surface area contributed by atoms with Gasteiger partial charge in [0.2, 0.25) is 11.8 Å². The van der Waals surface area contributed by atoms with Crippen LogP contribution in [0.25, 0.3) is 0 Å². The summed E-state index contributed by atoms with van der Waals surface area (Å²) in [6, 6.07) is 4.39. The van der Waals surface area contributed by atoms with Crippen LogP contribution in [0.3, 0.4) is 0 Å². The first-order valence-corrected chi connectivity index (χ1v) is 7.24. The Morgan fingerprint density at radius 3 is 2.48 bits per heavy atom. The molecule has 2 rings (SSSR count). The van der Waals surface area contributed by atoms with Gasteiger partial charge in [-0.05, 0) is 17.7 Å². The monoisotopic (exact) mass is 368 g/mol. The zero-order valence-electron chi connectivity index (χ0n) is 12.7. The van der Waals surface area contributed by atoms with Crippen LogP contribution in [-0.4, -0.2) is 36.0 Å². The van der Waals surface area contributed by atoms with Gasteiger partial charge in [-0.1, -0.05) is 12.1 Å². The zero-order valence-corrected chi connectivity index (χ0v) is 12.7. The molecule has 1 aliphatic rings. The van der Waals surface area contributed by atoms with Gasteiger partial charge in [0, 0.05) is 19.5 Å². The Balaban J connectivity index is 1.98. The Morgan fingerprint density at radius 1 is 1.20 bits per heavy atom. The maximum Gasteiger partial charge on any atom is 0.416 e. The van der Waals surface area contributed by atoms with E-state index in [4.69, 9.17) is 0 Å². The van der Waals surface area contributed by atoms with Crippen LogP contribution in [0.1, 0.15) is 17.5 Å². The molecule has 1 aromatic carbocycles. The summed E-state index contributed by atoms with van der Waals surface area (Å²) in [6.45, 7) is -1.78. The highest BCUT2D eigenvalue weighted by Crippen LogP contribution is 2.30. The van der Waals surface area contributed by atoms with E-state index in [1.54, 1.807) is 5.32 Å². The molecule has 1 aliphatic heterocycles. The molecular formula is C15H14F6N2O2. The van der Waals surface area contributed by atoms with Crippen molar-refractivity contribution in [3.8, 4) is 0 Å². The molecule has 1 aromatic rings. The number of carbonyl (C=O) groups is 2. The van der Waals surface area contributed by atoms with Crippen molar-refractivity contribution in [1.29, 1.82) is 0 Å². The van der Waals surface area contributed by atoms with Crippen molar-refractivity contribution in [2.75, 3.05) is 13.1 Å². The quantitative estimate of drug-likeness (QED) is 0.831. The smallest absolute Gasteiger partial charge is 0.347 e. The van der Waals surface area contributed by atoms with Crippen LogP contribution in [-0.2, 0) is 22.3 Å². The maximum atomic E-state index is 12.7. The zero-order chi connectivity index (χ0) is 18.8. The molecule has 0 radical (unpaired) electrons. The molecule has 0 saturated carbocycles. The van der Waals surface area contributed by atoms with E-state index in [0.29, 0.717) is 0 Å². The molecule has 1 heterocycles. The average Bonchev–Trinajstić information content (AvgIpc) is 2.85. The molecule has 0 spiro atoms. The predicted molar refractivity (Wildman–Crippen MR) is 74.0 cm³/mol. The number of benzene rings is 1. The van der Waals surface area contributed by atoms with Gasteiger partial charge >= 0.3 is 12.4 Å². The second kappa shape index (κ2) is 6.93. The molecule has 1 saturated heterocycles. The van der Waals surface area contributed by atoms with Crippen LogP contribution in [0.15, 0.2) is 24.3 Å². The van der Waals surface area contributed by atoms with E-state index in [0.717, 1.165) is 17.0 Å². The molecule has 0 aliphatic carbocycles.